The van der Waals surface area contributed by atoms with Gasteiger partial charge in [-0.25, -0.2) is 4.39 Å². The van der Waals surface area contributed by atoms with E-state index in [1.807, 2.05) is 6.92 Å². The quantitative estimate of drug-likeness (QED) is 0.774. The number of thiol groups is 1. The second-order valence-corrected chi connectivity index (χ2v) is 4.77. The van der Waals surface area contributed by atoms with Crippen molar-refractivity contribution in [2.75, 3.05) is 12.4 Å². The Kier molecular flexibility index (Phi) is 5.13. The first-order valence-corrected chi connectivity index (χ1v) is 6.17. The Labute approximate surface area is 102 Å². The summed E-state index contributed by atoms with van der Waals surface area (Å²) in [5.74, 6) is 2.30. The Balaban J connectivity index is 2.60. The van der Waals surface area contributed by atoms with E-state index in [2.05, 4.69) is 26.5 Å². The van der Waals surface area contributed by atoms with Crippen LogP contribution in [0.2, 0.25) is 0 Å². The maximum Gasteiger partial charge on any atom is 0.123 e. The molecule has 1 aromatic carbocycles. The number of hydrogen-bond acceptors (Lipinski definition) is 2. The lowest BCUT2D eigenvalue weighted by atomic mass is 9.99. The van der Waals surface area contributed by atoms with Crippen LogP contribution in [0, 0.1) is 24.6 Å². The lowest BCUT2D eigenvalue weighted by molar-refractivity contribution is 0.225. The van der Waals surface area contributed by atoms with Gasteiger partial charge in [0.1, 0.15) is 11.6 Å². The van der Waals surface area contributed by atoms with Crippen LogP contribution >= 0.6 is 12.6 Å². The molecule has 0 radical (unpaired) electrons. The summed E-state index contributed by atoms with van der Waals surface area (Å²) < 4.78 is 18.6. The molecule has 1 unspecified atom stereocenters. The molecule has 0 N–H and O–H groups in total. The fourth-order valence-electron chi connectivity index (χ4n) is 1.43. The van der Waals surface area contributed by atoms with E-state index in [1.54, 1.807) is 6.07 Å². The van der Waals surface area contributed by atoms with Crippen molar-refractivity contribution in [1.82, 2.24) is 0 Å². The van der Waals surface area contributed by atoms with Crippen LogP contribution < -0.4 is 4.74 Å². The molecule has 0 fully saturated rings. The minimum absolute atomic E-state index is 0.223. The lowest BCUT2D eigenvalue weighted by Gasteiger charge is -2.19. The summed E-state index contributed by atoms with van der Waals surface area (Å²) in [5.41, 5.74) is 0.835. The van der Waals surface area contributed by atoms with Crippen LogP contribution in [-0.4, -0.2) is 12.4 Å². The molecule has 0 amide bonds. The van der Waals surface area contributed by atoms with Crippen molar-refractivity contribution < 1.29 is 9.13 Å². The summed E-state index contributed by atoms with van der Waals surface area (Å²) in [6.45, 7) is 6.79. The van der Waals surface area contributed by atoms with Gasteiger partial charge in [0.05, 0.1) is 6.61 Å². The van der Waals surface area contributed by atoms with Crippen LogP contribution in [0.3, 0.4) is 0 Å². The average molecular weight is 242 g/mol. The van der Waals surface area contributed by atoms with Gasteiger partial charge in [0.15, 0.2) is 0 Å². The highest BCUT2D eigenvalue weighted by atomic mass is 32.1. The molecule has 3 heteroatoms. The third-order valence-corrected chi connectivity index (χ3v) is 3.24. The monoisotopic (exact) mass is 242 g/mol. The van der Waals surface area contributed by atoms with Gasteiger partial charge in [-0.2, -0.15) is 12.6 Å². The van der Waals surface area contributed by atoms with Crippen LogP contribution in [0.5, 0.6) is 5.75 Å². The standard InChI is InChI=1S/C13H19FOS/c1-9(2)11(8-16)7-15-13-5-4-12(14)6-10(13)3/h4-6,9,11,16H,7-8H2,1-3H3. The van der Waals surface area contributed by atoms with Gasteiger partial charge in [0.2, 0.25) is 0 Å². The van der Waals surface area contributed by atoms with E-state index in [9.17, 15) is 4.39 Å². The first-order chi connectivity index (χ1) is 7.54. The fourth-order valence-corrected chi connectivity index (χ4v) is 1.95. The first kappa shape index (κ1) is 13.4. The van der Waals surface area contributed by atoms with E-state index in [1.165, 1.54) is 12.1 Å². The summed E-state index contributed by atoms with van der Waals surface area (Å²) in [4.78, 5) is 0. The first-order valence-electron chi connectivity index (χ1n) is 5.54. The van der Waals surface area contributed by atoms with Crippen molar-refractivity contribution in [1.29, 1.82) is 0 Å². The Hall–Kier alpha value is -0.700. The van der Waals surface area contributed by atoms with Gasteiger partial charge in [-0.3, -0.25) is 0 Å². The number of aryl methyl sites for hydroxylation is 1. The smallest absolute Gasteiger partial charge is 0.123 e. The zero-order valence-electron chi connectivity index (χ0n) is 10.0. The van der Waals surface area contributed by atoms with Gasteiger partial charge >= 0.3 is 0 Å². The fraction of sp³-hybridized carbons (Fsp3) is 0.538. The van der Waals surface area contributed by atoms with E-state index >= 15 is 0 Å². The molecule has 0 spiro atoms. The molecule has 0 aliphatic rings. The summed E-state index contributed by atoms with van der Waals surface area (Å²) in [5, 5.41) is 0. The van der Waals surface area contributed by atoms with Gasteiger partial charge < -0.3 is 4.74 Å². The molecule has 1 aromatic rings. The maximum atomic E-state index is 12.9. The molecular weight excluding hydrogens is 223 g/mol. The van der Waals surface area contributed by atoms with Crippen molar-refractivity contribution >= 4 is 12.6 Å². The van der Waals surface area contributed by atoms with Crippen LogP contribution in [0.15, 0.2) is 18.2 Å². The Morgan fingerprint density at radius 1 is 1.38 bits per heavy atom. The molecule has 0 saturated carbocycles. The molecule has 0 heterocycles. The molecule has 0 saturated heterocycles. The molecular formula is C13H19FOS. The zero-order valence-corrected chi connectivity index (χ0v) is 10.9. The van der Waals surface area contributed by atoms with Gasteiger partial charge in [-0.15, -0.1) is 0 Å². The van der Waals surface area contributed by atoms with Crippen molar-refractivity contribution in [2.24, 2.45) is 11.8 Å². The van der Waals surface area contributed by atoms with Crippen LogP contribution in [0.25, 0.3) is 0 Å². The third kappa shape index (κ3) is 3.71. The molecule has 0 bridgehead atoms. The third-order valence-electron chi connectivity index (χ3n) is 2.77. The predicted molar refractivity (Wildman–Crippen MR) is 68.8 cm³/mol. The van der Waals surface area contributed by atoms with E-state index in [4.69, 9.17) is 4.74 Å². The molecule has 0 aliphatic heterocycles. The highest BCUT2D eigenvalue weighted by molar-refractivity contribution is 7.80. The minimum Gasteiger partial charge on any atom is -0.493 e. The Morgan fingerprint density at radius 3 is 2.56 bits per heavy atom. The van der Waals surface area contributed by atoms with Gasteiger partial charge in [-0.1, -0.05) is 13.8 Å². The summed E-state index contributed by atoms with van der Waals surface area (Å²) >= 11 is 4.30. The van der Waals surface area contributed by atoms with Crippen molar-refractivity contribution in [3.05, 3.63) is 29.6 Å². The molecule has 16 heavy (non-hydrogen) atoms. The largest absolute Gasteiger partial charge is 0.493 e. The van der Waals surface area contributed by atoms with Crippen LogP contribution in [0.4, 0.5) is 4.39 Å². The highest BCUT2D eigenvalue weighted by Crippen LogP contribution is 2.21. The van der Waals surface area contributed by atoms with Crippen LogP contribution in [0.1, 0.15) is 19.4 Å². The second kappa shape index (κ2) is 6.14. The number of rotatable bonds is 5. The number of benzene rings is 1. The zero-order chi connectivity index (χ0) is 12.1. The molecule has 1 nitrogen and oxygen atoms in total. The number of ether oxygens (including phenoxy) is 1. The van der Waals surface area contributed by atoms with Crippen LogP contribution in [-0.2, 0) is 0 Å². The number of halogens is 1. The maximum absolute atomic E-state index is 12.9. The van der Waals surface area contributed by atoms with Gasteiger partial charge in [0.25, 0.3) is 0 Å². The highest BCUT2D eigenvalue weighted by Gasteiger charge is 2.13. The van der Waals surface area contributed by atoms with Crippen molar-refractivity contribution in [2.45, 2.75) is 20.8 Å². The summed E-state index contributed by atoms with van der Waals surface area (Å²) in [6, 6.07) is 4.59. The summed E-state index contributed by atoms with van der Waals surface area (Å²) in [6.07, 6.45) is 0. The van der Waals surface area contributed by atoms with E-state index < -0.39 is 0 Å². The molecule has 1 rings (SSSR count). The lowest BCUT2D eigenvalue weighted by Crippen LogP contribution is -2.19. The predicted octanol–water partition coefficient (Wildman–Crippen LogP) is 3.71. The minimum atomic E-state index is -0.223. The van der Waals surface area contributed by atoms with Crippen molar-refractivity contribution in [3.63, 3.8) is 0 Å². The molecule has 90 valence electrons. The van der Waals surface area contributed by atoms with Gasteiger partial charge in [-0.05, 0) is 42.4 Å². The van der Waals surface area contributed by atoms with E-state index in [0.29, 0.717) is 18.4 Å². The Bertz CT molecular complexity index is 339. The molecule has 1 atom stereocenters. The normalized spacial score (nSPS) is 12.9. The SMILES string of the molecule is Cc1cc(F)ccc1OCC(CS)C(C)C. The molecule has 0 aliphatic carbocycles. The van der Waals surface area contributed by atoms with Gasteiger partial charge in [0, 0.05) is 5.92 Å². The average Bonchev–Trinajstić information content (AvgIpc) is 2.21. The number of hydrogen-bond donors (Lipinski definition) is 1. The second-order valence-electron chi connectivity index (χ2n) is 4.41. The topological polar surface area (TPSA) is 9.23 Å². The summed E-state index contributed by atoms with van der Waals surface area (Å²) in [7, 11) is 0. The van der Waals surface area contributed by atoms with E-state index in [-0.39, 0.29) is 5.82 Å². The molecule has 0 aromatic heterocycles. The van der Waals surface area contributed by atoms with Crippen molar-refractivity contribution in [3.8, 4) is 5.75 Å². The Morgan fingerprint density at radius 2 is 2.06 bits per heavy atom. The van der Waals surface area contributed by atoms with E-state index in [0.717, 1.165) is 17.1 Å².